The van der Waals surface area contributed by atoms with Crippen molar-refractivity contribution >= 4 is 21.5 Å². The van der Waals surface area contributed by atoms with Crippen molar-refractivity contribution in [3.63, 3.8) is 0 Å². The predicted octanol–water partition coefficient (Wildman–Crippen LogP) is 0.955. The summed E-state index contributed by atoms with van der Waals surface area (Å²) >= 11 is 0. The Hall–Kier alpha value is -2.50. The summed E-state index contributed by atoms with van der Waals surface area (Å²) in [6.45, 7) is 0. The first-order valence-corrected chi connectivity index (χ1v) is 7.89. The predicted molar refractivity (Wildman–Crippen MR) is 88.0 cm³/mol. The van der Waals surface area contributed by atoms with Gasteiger partial charge in [0, 0.05) is 13.1 Å². The van der Waals surface area contributed by atoms with Gasteiger partial charge in [-0.3, -0.25) is 28.3 Å². The van der Waals surface area contributed by atoms with Crippen LogP contribution in [0.3, 0.4) is 0 Å². The second-order valence-corrected chi connectivity index (χ2v) is 6.38. The molecule has 1 saturated carbocycles. The highest BCUT2D eigenvalue weighted by Gasteiger charge is 2.24. The Morgan fingerprint density at radius 1 is 0.739 bits per heavy atom. The van der Waals surface area contributed by atoms with Gasteiger partial charge >= 0.3 is 0 Å². The molecule has 0 N–H and O–H groups in total. The molecular weight excluding hydrogens is 296 g/mol. The van der Waals surface area contributed by atoms with Crippen LogP contribution in [-0.2, 0) is 7.05 Å². The van der Waals surface area contributed by atoms with Crippen LogP contribution in [0, 0.1) is 0 Å². The summed E-state index contributed by atoms with van der Waals surface area (Å²) in [5, 5.41) is 0.914. The van der Waals surface area contributed by atoms with Gasteiger partial charge in [-0.2, -0.15) is 0 Å². The molecular formula is C17H16N2O4. The van der Waals surface area contributed by atoms with Crippen molar-refractivity contribution in [1.82, 2.24) is 9.13 Å². The van der Waals surface area contributed by atoms with Gasteiger partial charge in [0.15, 0.2) is 0 Å². The number of nitrogens with zero attached hydrogens (tertiary/aromatic N) is 2. The van der Waals surface area contributed by atoms with Crippen LogP contribution in [0.4, 0.5) is 0 Å². The average molecular weight is 312 g/mol. The largest absolute Gasteiger partial charge is 0.277 e. The minimum Gasteiger partial charge on any atom is -0.277 e. The van der Waals surface area contributed by atoms with E-state index in [2.05, 4.69) is 0 Å². The lowest BCUT2D eigenvalue weighted by atomic mass is 9.95. The Balaban J connectivity index is 2.09. The van der Waals surface area contributed by atoms with Crippen LogP contribution in [0.25, 0.3) is 21.5 Å². The summed E-state index contributed by atoms with van der Waals surface area (Å²) in [6.07, 6.45) is 4.80. The second-order valence-electron chi connectivity index (χ2n) is 6.38. The molecule has 0 aliphatic heterocycles. The lowest BCUT2D eigenvalue weighted by Gasteiger charge is -2.21. The number of fused-ring (bicyclic) bond motifs is 2. The topological polar surface area (TPSA) is 78.1 Å². The third-order valence-corrected chi connectivity index (χ3v) is 5.07. The lowest BCUT2D eigenvalue weighted by Crippen LogP contribution is -2.31. The summed E-state index contributed by atoms with van der Waals surface area (Å²) in [5.74, 6) is 0. The van der Waals surface area contributed by atoms with Crippen LogP contribution in [-0.4, -0.2) is 9.13 Å². The number of hydrogen-bond acceptors (Lipinski definition) is 4. The van der Waals surface area contributed by atoms with E-state index >= 15 is 0 Å². The third-order valence-electron chi connectivity index (χ3n) is 5.07. The van der Waals surface area contributed by atoms with Crippen molar-refractivity contribution in [2.75, 3.05) is 0 Å². The first kappa shape index (κ1) is 14.1. The molecule has 0 atom stereocenters. The van der Waals surface area contributed by atoms with E-state index in [1.54, 1.807) is 0 Å². The molecule has 6 nitrogen and oxygen atoms in total. The standard InChI is InChI=1S/C17H16N2O4/c1-18-14(20)10-7-12-13(8-11(10)15(18)21)17(23)19(16(12)22)9-5-3-2-4-6-9/h7-9H,2-6H2,1H3. The molecule has 0 amide bonds. The van der Waals surface area contributed by atoms with Gasteiger partial charge in [0.05, 0.1) is 21.5 Å². The summed E-state index contributed by atoms with van der Waals surface area (Å²) in [4.78, 5) is 49.5. The molecule has 0 radical (unpaired) electrons. The molecule has 2 aromatic heterocycles. The molecule has 118 valence electrons. The second kappa shape index (κ2) is 4.75. The van der Waals surface area contributed by atoms with E-state index in [0.29, 0.717) is 0 Å². The smallest absolute Gasteiger partial charge is 0.261 e. The quantitative estimate of drug-likeness (QED) is 0.670. The Bertz CT molecular complexity index is 1060. The van der Waals surface area contributed by atoms with E-state index in [4.69, 9.17) is 0 Å². The number of hydrogen-bond donors (Lipinski definition) is 0. The normalized spacial score (nSPS) is 16.6. The summed E-state index contributed by atoms with van der Waals surface area (Å²) < 4.78 is 2.34. The Morgan fingerprint density at radius 2 is 1.17 bits per heavy atom. The summed E-state index contributed by atoms with van der Waals surface area (Å²) in [7, 11) is 1.40. The minimum absolute atomic E-state index is 0.0694. The average Bonchev–Trinajstić information content (AvgIpc) is 2.94. The minimum atomic E-state index is -0.427. The Kier molecular flexibility index (Phi) is 2.91. The fourth-order valence-corrected chi connectivity index (χ4v) is 3.78. The van der Waals surface area contributed by atoms with Gasteiger partial charge in [-0.25, -0.2) is 0 Å². The number of aromatic nitrogens is 2. The lowest BCUT2D eigenvalue weighted by molar-refractivity contribution is 0.344. The van der Waals surface area contributed by atoms with E-state index in [1.165, 1.54) is 23.7 Å². The zero-order valence-corrected chi connectivity index (χ0v) is 12.8. The molecule has 0 spiro atoms. The van der Waals surface area contributed by atoms with E-state index in [0.717, 1.165) is 36.7 Å². The first-order valence-electron chi connectivity index (χ1n) is 7.89. The molecule has 23 heavy (non-hydrogen) atoms. The van der Waals surface area contributed by atoms with Crippen molar-refractivity contribution in [3.8, 4) is 0 Å². The van der Waals surface area contributed by atoms with E-state index in [9.17, 15) is 19.2 Å². The van der Waals surface area contributed by atoms with Crippen LogP contribution in [0.1, 0.15) is 38.1 Å². The van der Waals surface area contributed by atoms with Gasteiger partial charge in [-0.15, -0.1) is 0 Å². The van der Waals surface area contributed by atoms with Crippen LogP contribution in [0.5, 0.6) is 0 Å². The Labute approximate surface area is 130 Å². The van der Waals surface area contributed by atoms with E-state index in [1.807, 2.05) is 0 Å². The van der Waals surface area contributed by atoms with Crippen molar-refractivity contribution in [3.05, 3.63) is 53.5 Å². The van der Waals surface area contributed by atoms with E-state index < -0.39 is 11.1 Å². The third kappa shape index (κ3) is 1.81. The van der Waals surface area contributed by atoms with Crippen LogP contribution >= 0.6 is 0 Å². The molecule has 2 heterocycles. The van der Waals surface area contributed by atoms with E-state index in [-0.39, 0.29) is 38.7 Å². The maximum Gasteiger partial charge on any atom is 0.261 e. The SMILES string of the molecule is Cn1c(=O)c2cc3c(=O)n(C4CCCCC4)c(=O)c3cc2c1=O. The van der Waals surface area contributed by atoms with Crippen LogP contribution < -0.4 is 22.2 Å². The highest BCUT2D eigenvalue weighted by Crippen LogP contribution is 2.27. The zero-order valence-electron chi connectivity index (χ0n) is 12.8. The van der Waals surface area contributed by atoms with Gasteiger partial charge in [-0.05, 0) is 25.0 Å². The monoisotopic (exact) mass is 312 g/mol. The van der Waals surface area contributed by atoms with Crippen molar-refractivity contribution in [1.29, 1.82) is 0 Å². The van der Waals surface area contributed by atoms with Crippen molar-refractivity contribution in [2.24, 2.45) is 7.05 Å². The van der Waals surface area contributed by atoms with Crippen molar-refractivity contribution < 1.29 is 0 Å². The molecule has 6 heteroatoms. The summed E-state index contributed by atoms with van der Waals surface area (Å²) in [5.41, 5.74) is -1.53. The maximum absolute atomic E-state index is 12.7. The molecule has 3 aromatic rings. The van der Waals surface area contributed by atoms with Crippen LogP contribution in [0.2, 0.25) is 0 Å². The fraction of sp³-hybridized carbons (Fsp3) is 0.412. The van der Waals surface area contributed by atoms with Crippen LogP contribution in [0.15, 0.2) is 31.3 Å². The molecule has 1 aromatic carbocycles. The highest BCUT2D eigenvalue weighted by atomic mass is 16.2. The first-order chi connectivity index (χ1) is 11.0. The summed E-state index contributed by atoms with van der Waals surface area (Å²) in [6, 6.07) is 2.76. The molecule has 4 rings (SSSR count). The number of benzene rings is 1. The molecule has 0 bridgehead atoms. The molecule has 0 unspecified atom stereocenters. The van der Waals surface area contributed by atoms with Gasteiger partial charge < -0.3 is 0 Å². The molecule has 1 fully saturated rings. The van der Waals surface area contributed by atoms with Gasteiger partial charge in [-0.1, -0.05) is 19.3 Å². The maximum atomic E-state index is 12.7. The molecule has 1 aliphatic rings. The zero-order chi connectivity index (χ0) is 16.3. The van der Waals surface area contributed by atoms with Gasteiger partial charge in [0.1, 0.15) is 0 Å². The van der Waals surface area contributed by atoms with Gasteiger partial charge in [0.2, 0.25) is 0 Å². The number of rotatable bonds is 1. The molecule has 1 aliphatic carbocycles. The highest BCUT2D eigenvalue weighted by molar-refractivity contribution is 5.97. The Morgan fingerprint density at radius 3 is 1.65 bits per heavy atom. The van der Waals surface area contributed by atoms with Crippen molar-refractivity contribution in [2.45, 2.75) is 38.1 Å². The fourth-order valence-electron chi connectivity index (χ4n) is 3.78. The van der Waals surface area contributed by atoms with Gasteiger partial charge in [0.25, 0.3) is 22.2 Å². The molecule has 0 saturated heterocycles.